The Bertz CT molecular complexity index is 880. The van der Waals surface area contributed by atoms with Crippen molar-refractivity contribution < 1.29 is 19.0 Å². The van der Waals surface area contributed by atoms with Gasteiger partial charge in [0.2, 0.25) is 6.79 Å². The second-order valence-corrected chi connectivity index (χ2v) is 5.44. The van der Waals surface area contributed by atoms with Crippen LogP contribution in [0, 0.1) is 18.3 Å². The van der Waals surface area contributed by atoms with Gasteiger partial charge in [0.1, 0.15) is 17.4 Å². The molecule has 0 spiro atoms. The summed E-state index contributed by atoms with van der Waals surface area (Å²) in [7, 11) is 1.51. The van der Waals surface area contributed by atoms with Crippen LogP contribution in [0.15, 0.2) is 42.0 Å². The van der Waals surface area contributed by atoms with Gasteiger partial charge in [-0.3, -0.25) is 4.79 Å². The van der Waals surface area contributed by atoms with Crippen molar-refractivity contribution in [2.45, 2.75) is 6.92 Å². The number of fused-ring (bicyclic) bond motifs is 1. The zero-order valence-corrected chi connectivity index (χ0v) is 13.8. The summed E-state index contributed by atoms with van der Waals surface area (Å²) in [6.07, 6.45) is 1.46. The van der Waals surface area contributed by atoms with Crippen LogP contribution in [0.1, 0.15) is 11.1 Å². The van der Waals surface area contributed by atoms with Gasteiger partial charge < -0.3 is 19.5 Å². The van der Waals surface area contributed by atoms with Crippen LogP contribution < -0.4 is 19.5 Å². The second kappa shape index (κ2) is 6.97. The van der Waals surface area contributed by atoms with Crippen LogP contribution in [0.25, 0.3) is 6.08 Å². The fraction of sp³-hybridized carbons (Fsp3) is 0.158. The first kappa shape index (κ1) is 16.4. The lowest BCUT2D eigenvalue weighted by Gasteiger charge is -2.08. The van der Waals surface area contributed by atoms with Crippen molar-refractivity contribution in [3.63, 3.8) is 0 Å². The van der Waals surface area contributed by atoms with E-state index in [0.717, 1.165) is 5.56 Å². The van der Waals surface area contributed by atoms with Gasteiger partial charge in [0.15, 0.2) is 11.5 Å². The summed E-state index contributed by atoms with van der Waals surface area (Å²) in [5.41, 5.74) is 2.22. The van der Waals surface area contributed by atoms with E-state index in [1.165, 1.54) is 13.2 Å². The molecule has 25 heavy (non-hydrogen) atoms. The van der Waals surface area contributed by atoms with Gasteiger partial charge in [-0.25, -0.2) is 0 Å². The highest BCUT2D eigenvalue weighted by Gasteiger charge is 2.18. The maximum Gasteiger partial charge on any atom is 0.266 e. The van der Waals surface area contributed by atoms with Gasteiger partial charge in [0.05, 0.1) is 7.11 Å². The lowest BCUT2D eigenvalue weighted by molar-refractivity contribution is -0.112. The first-order chi connectivity index (χ1) is 12.1. The quantitative estimate of drug-likeness (QED) is 0.684. The van der Waals surface area contributed by atoms with E-state index in [2.05, 4.69) is 5.32 Å². The highest BCUT2D eigenvalue weighted by molar-refractivity contribution is 6.09. The Morgan fingerprint density at radius 3 is 2.56 bits per heavy atom. The van der Waals surface area contributed by atoms with Gasteiger partial charge in [-0.15, -0.1) is 0 Å². The van der Waals surface area contributed by atoms with Crippen molar-refractivity contribution in [3.8, 4) is 23.3 Å². The summed E-state index contributed by atoms with van der Waals surface area (Å²) in [6, 6.07) is 12.6. The third-order valence-electron chi connectivity index (χ3n) is 3.70. The summed E-state index contributed by atoms with van der Waals surface area (Å²) in [5.74, 6) is 1.10. The number of aryl methyl sites for hydroxylation is 1. The Kier molecular flexibility index (Phi) is 4.57. The first-order valence-corrected chi connectivity index (χ1v) is 7.58. The topological polar surface area (TPSA) is 80.6 Å². The number of amides is 1. The molecule has 0 saturated carbocycles. The lowest BCUT2D eigenvalue weighted by Crippen LogP contribution is -2.13. The SMILES string of the molecule is COc1cc2c(cc1/C=C(\C#N)C(=O)Nc1ccc(C)cc1)OCO2. The number of anilines is 1. The maximum atomic E-state index is 12.4. The molecule has 0 radical (unpaired) electrons. The Morgan fingerprint density at radius 1 is 1.24 bits per heavy atom. The third-order valence-corrected chi connectivity index (χ3v) is 3.70. The van der Waals surface area contributed by atoms with Crippen LogP contribution >= 0.6 is 0 Å². The number of methoxy groups -OCH3 is 1. The summed E-state index contributed by atoms with van der Waals surface area (Å²) in [6.45, 7) is 2.09. The number of nitrogens with one attached hydrogen (secondary N) is 1. The number of rotatable bonds is 4. The highest BCUT2D eigenvalue weighted by Crippen LogP contribution is 2.38. The van der Waals surface area contributed by atoms with E-state index in [0.29, 0.717) is 28.5 Å². The van der Waals surface area contributed by atoms with Crippen molar-refractivity contribution in [2.24, 2.45) is 0 Å². The van der Waals surface area contributed by atoms with Crippen LogP contribution in [0.5, 0.6) is 17.2 Å². The van der Waals surface area contributed by atoms with E-state index in [9.17, 15) is 10.1 Å². The Labute approximate surface area is 145 Å². The van der Waals surface area contributed by atoms with Crippen LogP contribution in [-0.2, 0) is 4.79 Å². The smallest absolute Gasteiger partial charge is 0.266 e. The van der Waals surface area contributed by atoms with E-state index in [4.69, 9.17) is 14.2 Å². The second-order valence-electron chi connectivity index (χ2n) is 5.44. The Morgan fingerprint density at radius 2 is 1.92 bits per heavy atom. The molecule has 1 amide bonds. The molecule has 0 unspecified atom stereocenters. The number of hydrogen-bond acceptors (Lipinski definition) is 5. The summed E-state index contributed by atoms with van der Waals surface area (Å²) in [4.78, 5) is 12.4. The van der Waals surface area contributed by atoms with Crippen LogP contribution in [-0.4, -0.2) is 19.8 Å². The fourth-order valence-electron chi connectivity index (χ4n) is 2.37. The molecule has 0 saturated heterocycles. The van der Waals surface area contributed by atoms with E-state index >= 15 is 0 Å². The largest absolute Gasteiger partial charge is 0.496 e. The predicted molar refractivity (Wildman–Crippen MR) is 92.5 cm³/mol. The van der Waals surface area contributed by atoms with Crippen LogP contribution in [0.4, 0.5) is 5.69 Å². The number of carbonyl (C=O) groups excluding carboxylic acids is 1. The molecule has 0 atom stereocenters. The molecule has 1 heterocycles. The Balaban J connectivity index is 1.88. The number of benzene rings is 2. The maximum absolute atomic E-state index is 12.4. The average molecular weight is 336 g/mol. The fourth-order valence-corrected chi connectivity index (χ4v) is 2.37. The normalized spacial score (nSPS) is 12.4. The number of hydrogen-bond donors (Lipinski definition) is 1. The zero-order chi connectivity index (χ0) is 17.8. The molecule has 2 aromatic rings. The van der Waals surface area contributed by atoms with Gasteiger partial charge >= 0.3 is 0 Å². The van der Waals surface area contributed by atoms with E-state index < -0.39 is 5.91 Å². The molecule has 0 aromatic heterocycles. The van der Waals surface area contributed by atoms with Gasteiger partial charge in [-0.1, -0.05) is 17.7 Å². The molecule has 6 heteroatoms. The standard InChI is InChI=1S/C19H16N2O4/c1-12-3-5-15(6-4-12)21-19(22)14(10-20)7-13-8-17-18(25-11-24-17)9-16(13)23-2/h3-9H,11H2,1-2H3,(H,21,22)/b14-7+. The first-order valence-electron chi connectivity index (χ1n) is 7.58. The molecule has 3 rings (SSSR count). The van der Waals surface area contributed by atoms with Crippen LogP contribution in [0.2, 0.25) is 0 Å². The number of nitriles is 1. The number of nitrogens with zero attached hydrogens (tertiary/aromatic N) is 1. The van der Waals surface area contributed by atoms with E-state index in [1.807, 2.05) is 25.1 Å². The molecule has 1 N–H and O–H groups in total. The summed E-state index contributed by atoms with van der Waals surface area (Å²) in [5, 5.41) is 12.1. The predicted octanol–water partition coefficient (Wildman–Crippen LogP) is 3.28. The molecular formula is C19H16N2O4. The monoisotopic (exact) mass is 336 g/mol. The molecule has 2 aromatic carbocycles. The van der Waals surface area contributed by atoms with Crippen LogP contribution in [0.3, 0.4) is 0 Å². The van der Waals surface area contributed by atoms with Gasteiger partial charge in [-0.05, 0) is 31.2 Å². The van der Waals surface area contributed by atoms with Crippen molar-refractivity contribution in [3.05, 3.63) is 53.1 Å². The van der Waals surface area contributed by atoms with Crippen molar-refractivity contribution in [1.82, 2.24) is 0 Å². The van der Waals surface area contributed by atoms with Gasteiger partial charge in [0, 0.05) is 17.3 Å². The molecule has 1 aliphatic heterocycles. The molecular weight excluding hydrogens is 320 g/mol. The molecule has 1 aliphatic rings. The van der Waals surface area contributed by atoms with Crippen molar-refractivity contribution in [1.29, 1.82) is 5.26 Å². The molecule has 126 valence electrons. The minimum absolute atomic E-state index is 0.0438. The molecule has 6 nitrogen and oxygen atoms in total. The number of carbonyl (C=O) groups is 1. The minimum atomic E-state index is -0.494. The minimum Gasteiger partial charge on any atom is -0.496 e. The Hall–Kier alpha value is -3.46. The number of ether oxygens (including phenoxy) is 3. The van der Waals surface area contributed by atoms with Crippen molar-refractivity contribution >= 4 is 17.7 Å². The van der Waals surface area contributed by atoms with Gasteiger partial charge in [0.25, 0.3) is 5.91 Å². The summed E-state index contributed by atoms with van der Waals surface area (Å²) < 4.78 is 15.9. The molecule has 0 fully saturated rings. The zero-order valence-electron chi connectivity index (χ0n) is 13.8. The van der Waals surface area contributed by atoms with E-state index in [1.54, 1.807) is 24.3 Å². The highest BCUT2D eigenvalue weighted by atomic mass is 16.7. The third kappa shape index (κ3) is 3.56. The van der Waals surface area contributed by atoms with Crippen molar-refractivity contribution in [2.75, 3.05) is 19.2 Å². The molecule has 0 aliphatic carbocycles. The lowest BCUT2D eigenvalue weighted by atomic mass is 10.1. The molecule has 0 bridgehead atoms. The summed E-state index contributed by atoms with van der Waals surface area (Å²) >= 11 is 0. The van der Waals surface area contributed by atoms with Gasteiger partial charge in [-0.2, -0.15) is 5.26 Å². The van der Waals surface area contributed by atoms with E-state index in [-0.39, 0.29) is 12.4 Å². The average Bonchev–Trinajstić information content (AvgIpc) is 3.07.